The molecule has 0 aliphatic carbocycles. The molecule has 5 heteroatoms. The molecule has 0 heterocycles. The predicted octanol–water partition coefficient (Wildman–Crippen LogP) is 7.81. The van der Waals surface area contributed by atoms with Crippen molar-refractivity contribution in [2.24, 2.45) is 5.18 Å². The summed E-state index contributed by atoms with van der Waals surface area (Å²) in [6.45, 7) is 11.5. The highest BCUT2D eigenvalue weighted by Crippen LogP contribution is 2.30. The Labute approximate surface area is 175 Å². The van der Waals surface area contributed by atoms with E-state index in [1.807, 2.05) is 50.3 Å². The van der Waals surface area contributed by atoms with E-state index in [0.717, 1.165) is 40.0 Å². The van der Waals surface area contributed by atoms with Crippen LogP contribution in [0.2, 0.25) is 0 Å². The zero-order valence-electron chi connectivity index (χ0n) is 17.1. The number of nitrogens with zero attached hydrogens (tertiary/aromatic N) is 1. The Morgan fingerprint density at radius 3 is 2.27 bits per heavy atom. The normalized spacial score (nSPS) is 12.6. The molecule has 0 aromatic heterocycles. The molecule has 0 radical (unpaired) electrons. The number of hydrogen-bond donors (Lipinski definition) is 0. The highest BCUT2D eigenvalue weighted by Gasteiger charge is 2.29. The summed E-state index contributed by atoms with van der Waals surface area (Å²) in [7, 11) is 0. The third kappa shape index (κ3) is 6.14. The Balaban J connectivity index is 2.27. The average Bonchev–Trinajstić information content (AvgIpc) is 2.72. The van der Waals surface area contributed by atoms with E-state index in [0.29, 0.717) is 18.4 Å². The molecule has 30 heavy (non-hydrogen) atoms. The Morgan fingerprint density at radius 2 is 1.70 bits per heavy atom. The van der Waals surface area contributed by atoms with Crippen LogP contribution in [0.4, 0.5) is 13.2 Å². The molecule has 0 aliphatic heterocycles. The number of aryl methyl sites for hydroxylation is 2. The van der Waals surface area contributed by atoms with Gasteiger partial charge < -0.3 is 0 Å². The van der Waals surface area contributed by atoms with E-state index in [4.69, 9.17) is 0 Å². The molecule has 2 aromatic rings. The van der Waals surface area contributed by atoms with E-state index < -0.39 is 11.7 Å². The third-order valence-electron chi connectivity index (χ3n) is 4.93. The maximum Gasteiger partial charge on any atom is 0.416 e. The van der Waals surface area contributed by atoms with Crippen LogP contribution in [0.15, 0.2) is 95.4 Å². The molecule has 0 saturated carbocycles. The van der Waals surface area contributed by atoms with Crippen molar-refractivity contribution in [1.82, 2.24) is 0 Å². The smallest absolute Gasteiger partial charge is 0.166 e. The molecule has 0 aliphatic rings. The monoisotopic (exact) mass is 411 g/mol. The van der Waals surface area contributed by atoms with Crippen molar-refractivity contribution in [3.8, 4) is 0 Å². The first-order valence-electron chi connectivity index (χ1n) is 9.45. The molecule has 156 valence electrons. The lowest BCUT2D eigenvalue weighted by atomic mass is 9.94. The minimum Gasteiger partial charge on any atom is -0.166 e. The topological polar surface area (TPSA) is 29.4 Å². The van der Waals surface area contributed by atoms with Crippen LogP contribution >= 0.6 is 0 Å². The zero-order valence-corrected chi connectivity index (χ0v) is 17.1. The van der Waals surface area contributed by atoms with E-state index in [2.05, 4.69) is 18.3 Å². The zero-order chi connectivity index (χ0) is 22.3. The Bertz CT molecular complexity index is 996. The quantitative estimate of drug-likeness (QED) is 0.322. The van der Waals surface area contributed by atoms with E-state index >= 15 is 0 Å². The van der Waals surface area contributed by atoms with Crippen LogP contribution in [0, 0.1) is 11.8 Å². The first-order valence-corrected chi connectivity index (χ1v) is 9.45. The lowest BCUT2D eigenvalue weighted by Crippen LogP contribution is -2.04. The number of hydrogen-bond acceptors (Lipinski definition) is 2. The molecule has 2 nitrogen and oxygen atoms in total. The molecule has 0 fully saturated rings. The summed E-state index contributed by atoms with van der Waals surface area (Å²) in [5.74, 6) is 0. The highest BCUT2D eigenvalue weighted by molar-refractivity contribution is 5.62. The maximum absolute atomic E-state index is 12.7. The van der Waals surface area contributed by atoms with Crippen molar-refractivity contribution in [3.05, 3.63) is 117 Å². The second-order valence-corrected chi connectivity index (χ2v) is 7.10. The molecule has 0 unspecified atom stereocenters. The highest BCUT2D eigenvalue weighted by atomic mass is 19.4. The van der Waals surface area contributed by atoms with Gasteiger partial charge in [0.05, 0.1) is 5.56 Å². The minimum absolute atomic E-state index is 0.0494. The van der Waals surface area contributed by atoms with Gasteiger partial charge in [0.1, 0.15) is 5.70 Å². The lowest BCUT2D eigenvalue weighted by molar-refractivity contribution is -0.137. The second kappa shape index (κ2) is 10.0. The Kier molecular flexibility index (Phi) is 7.70. The Hall–Kier alpha value is -3.21. The molecule has 0 saturated heterocycles. The number of halogens is 3. The SMILES string of the molecule is C=C(N=O)C(=C)C(/C=C\c1ccccc1C)=C(/C)CCc1ccc(C(F)(F)F)cc1. The van der Waals surface area contributed by atoms with Crippen molar-refractivity contribution in [2.75, 3.05) is 0 Å². The molecule has 2 rings (SSSR count). The van der Waals surface area contributed by atoms with Gasteiger partial charge in [-0.3, -0.25) is 0 Å². The van der Waals surface area contributed by atoms with Gasteiger partial charge in [-0.1, -0.05) is 67.3 Å². The first kappa shape index (κ1) is 23.1. The molecule has 0 bridgehead atoms. The van der Waals surface area contributed by atoms with Gasteiger partial charge in [0.15, 0.2) is 0 Å². The van der Waals surface area contributed by atoms with Crippen LogP contribution in [0.3, 0.4) is 0 Å². The second-order valence-electron chi connectivity index (χ2n) is 7.10. The molecule has 0 spiro atoms. The largest absolute Gasteiger partial charge is 0.416 e. The predicted molar refractivity (Wildman–Crippen MR) is 117 cm³/mol. The van der Waals surface area contributed by atoms with Gasteiger partial charge in [-0.05, 0) is 66.3 Å². The van der Waals surface area contributed by atoms with Gasteiger partial charge in [0.2, 0.25) is 0 Å². The van der Waals surface area contributed by atoms with Crippen molar-refractivity contribution >= 4 is 6.08 Å². The summed E-state index contributed by atoms with van der Waals surface area (Å²) in [4.78, 5) is 10.9. The number of nitroso groups, excluding NO2 is 1. The molecular weight excluding hydrogens is 387 g/mol. The molecule has 0 amide bonds. The fourth-order valence-electron chi connectivity index (χ4n) is 2.98. The molecule has 0 atom stereocenters. The van der Waals surface area contributed by atoms with Gasteiger partial charge >= 0.3 is 6.18 Å². The van der Waals surface area contributed by atoms with Crippen LogP contribution in [-0.2, 0) is 12.6 Å². The maximum atomic E-state index is 12.7. The average molecular weight is 411 g/mol. The number of alkyl halides is 3. The van der Waals surface area contributed by atoms with Gasteiger partial charge in [0, 0.05) is 5.57 Å². The summed E-state index contributed by atoms with van der Waals surface area (Å²) in [5, 5.41) is 2.90. The van der Waals surface area contributed by atoms with Crippen LogP contribution in [0.25, 0.3) is 6.08 Å². The van der Waals surface area contributed by atoms with E-state index in [9.17, 15) is 18.1 Å². The standard InChI is InChI=1S/C25H24F3NO/c1-17-7-5-6-8-22(17)13-16-24(19(3)20(4)29-30)18(2)9-10-21-11-14-23(15-12-21)25(26,27)28/h5-8,11-16H,3-4,9-10H2,1-2H3/b16-13-,24-18-. The fourth-order valence-corrected chi connectivity index (χ4v) is 2.98. The summed E-state index contributed by atoms with van der Waals surface area (Å²) >= 11 is 0. The first-order chi connectivity index (χ1) is 14.1. The molecule has 0 N–H and O–H groups in total. The number of benzene rings is 2. The van der Waals surface area contributed by atoms with E-state index in [1.54, 1.807) is 0 Å². The van der Waals surface area contributed by atoms with Gasteiger partial charge in [0.25, 0.3) is 0 Å². The summed E-state index contributed by atoms with van der Waals surface area (Å²) < 4.78 is 38.2. The summed E-state index contributed by atoms with van der Waals surface area (Å²) in [6, 6.07) is 13.0. The number of rotatable bonds is 8. The lowest BCUT2D eigenvalue weighted by Gasteiger charge is -2.12. The van der Waals surface area contributed by atoms with Crippen LogP contribution in [0.1, 0.15) is 35.6 Å². The van der Waals surface area contributed by atoms with Crippen LogP contribution < -0.4 is 0 Å². The summed E-state index contributed by atoms with van der Waals surface area (Å²) in [5.41, 5.74) is 4.43. The van der Waals surface area contributed by atoms with Gasteiger partial charge in [-0.2, -0.15) is 13.2 Å². The van der Waals surface area contributed by atoms with Crippen LogP contribution in [0.5, 0.6) is 0 Å². The minimum atomic E-state index is -4.35. The van der Waals surface area contributed by atoms with Crippen molar-refractivity contribution < 1.29 is 13.2 Å². The van der Waals surface area contributed by atoms with E-state index in [1.165, 1.54) is 12.1 Å². The van der Waals surface area contributed by atoms with Gasteiger partial charge in [-0.15, -0.1) is 4.91 Å². The number of allylic oxidation sites excluding steroid dienone is 3. The van der Waals surface area contributed by atoms with E-state index in [-0.39, 0.29) is 5.70 Å². The van der Waals surface area contributed by atoms with Crippen molar-refractivity contribution in [2.45, 2.75) is 32.9 Å². The fraction of sp³-hybridized carbons (Fsp3) is 0.200. The Morgan fingerprint density at radius 1 is 1.07 bits per heavy atom. The molecular formula is C25H24F3NO. The molecule has 2 aromatic carbocycles. The van der Waals surface area contributed by atoms with Crippen molar-refractivity contribution in [3.63, 3.8) is 0 Å². The van der Waals surface area contributed by atoms with Crippen LogP contribution in [-0.4, -0.2) is 0 Å². The third-order valence-corrected chi connectivity index (χ3v) is 4.93. The van der Waals surface area contributed by atoms with Crippen molar-refractivity contribution in [1.29, 1.82) is 0 Å². The summed E-state index contributed by atoms with van der Waals surface area (Å²) in [6.07, 6.45) is 0.615. The van der Waals surface area contributed by atoms with Gasteiger partial charge in [-0.25, -0.2) is 0 Å².